The Bertz CT molecular complexity index is 1590. The lowest BCUT2D eigenvalue weighted by molar-refractivity contribution is 0.600. The monoisotopic (exact) mass is 522 g/mol. The van der Waals surface area contributed by atoms with Crippen LogP contribution in [0.5, 0.6) is 0 Å². The van der Waals surface area contributed by atoms with Crippen molar-refractivity contribution in [1.29, 1.82) is 0 Å². The van der Waals surface area contributed by atoms with E-state index in [0.29, 0.717) is 10.7 Å². The van der Waals surface area contributed by atoms with E-state index in [1.165, 1.54) is 0 Å². The number of hydrogen-bond donors (Lipinski definition) is 0. The third kappa shape index (κ3) is 4.44. The van der Waals surface area contributed by atoms with Crippen LogP contribution in [0, 0.1) is 6.92 Å². The minimum Gasteiger partial charge on any atom is -0.314 e. The number of hydrogen-bond acceptors (Lipinski definition) is 4. The largest absolute Gasteiger partial charge is 0.314 e. The van der Waals surface area contributed by atoms with Crippen LogP contribution in [0.25, 0.3) is 5.52 Å². The third-order valence-electron chi connectivity index (χ3n) is 5.30. The fourth-order valence-corrected chi connectivity index (χ4v) is 6.89. The van der Waals surface area contributed by atoms with E-state index in [1.807, 2.05) is 90.3 Å². The summed E-state index contributed by atoms with van der Waals surface area (Å²) >= 11 is 8.85. The van der Waals surface area contributed by atoms with E-state index >= 15 is 0 Å². The number of halogens is 1. The summed E-state index contributed by atoms with van der Waals surface area (Å²) in [6, 6.07) is 26.4. The zero-order valence-corrected chi connectivity index (χ0v) is 21.3. The minimum absolute atomic E-state index is 0.218. The van der Waals surface area contributed by atoms with Crippen molar-refractivity contribution in [2.75, 3.05) is 0 Å². The van der Waals surface area contributed by atoms with E-state index in [2.05, 4.69) is 4.40 Å². The van der Waals surface area contributed by atoms with Crippen LogP contribution in [0.15, 0.2) is 115 Å². The second kappa shape index (κ2) is 9.43. The van der Waals surface area contributed by atoms with E-state index in [4.69, 9.17) is 11.6 Å². The molecule has 34 heavy (non-hydrogen) atoms. The van der Waals surface area contributed by atoms with Gasteiger partial charge in [0.05, 0.1) is 11.2 Å². The molecule has 3 heterocycles. The Hall–Kier alpha value is -2.84. The van der Waals surface area contributed by atoms with Crippen molar-refractivity contribution in [1.82, 2.24) is 4.40 Å². The van der Waals surface area contributed by atoms with Gasteiger partial charge in [-0.1, -0.05) is 65.8 Å². The standard InChI is InChI=1S/C26H19ClN2O2S3/c1-18-25(24(19-8-3-2-4-9-19)28-34(30,31)23-11-7-17-32-23)29-16-6-5-10-22(29)26(18)33-21-14-12-20(27)13-15-21/h2-17H,1H3/b28-24+. The number of aromatic nitrogens is 1. The molecule has 0 atom stereocenters. The summed E-state index contributed by atoms with van der Waals surface area (Å²) in [4.78, 5) is 2.08. The van der Waals surface area contributed by atoms with Crippen LogP contribution in [-0.2, 0) is 10.0 Å². The summed E-state index contributed by atoms with van der Waals surface area (Å²) < 4.78 is 33.1. The molecule has 0 unspecified atom stereocenters. The van der Waals surface area contributed by atoms with Gasteiger partial charge in [-0.05, 0) is 60.3 Å². The van der Waals surface area contributed by atoms with E-state index in [-0.39, 0.29) is 4.21 Å². The van der Waals surface area contributed by atoms with Crippen molar-refractivity contribution < 1.29 is 8.42 Å². The Labute approximate surface area is 211 Å². The Balaban J connectivity index is 1.75. The number of benzene rings is 2. The van der Waals surface area contributed by atoms with E-state index in [1.54, 1.807) is 29.3 Å². The first kappa shape index (κ1) is 22.9. The first-order chi connectivity index (χ1) is 16.4. The molecular weight excluding hydrogens is 504 g/mol. The maximum atomic E-state index is 13.2. The van der Waals surface area contributed by atoms with Gasteiger partial charge in [0.1, 0.15) is 9.92 Å². The van der Waals surface area contributed by atoms with Crippen LogP contribution in [0.4, 0.5) is 0 Å². The zero-order chi connectivity index (χ0) is 23.7. The quantitative estimate of drug-likeness (QED) is 0.219. The van der Waals surface area contributed by atoms with Crippen molar-refractivity contribution in [2.24, 2.45) is 4.40 Å². The molecule has 2 aromatic carbocycles. The number of sulfonamides is 1. The number of thiophene rings is 1. The highest BCUT2D eigenvalue weighted by Crippen LogP contribution is 2.38. The van der Waals surface area contributed by atoms with Crippen molar-refractivity contribution in [2.45, 2.75) is 20.9 Å². The Morgan fingerprint density at radius 3 is 2.38 bits per heavy atom. The molecule has 8 heteroatoms. The fourth-order valence-electron chi connectivity index (χ4n) is 3.75. The van der Waals surface area contributed by atoms with Crippen LogP contribution in [0.1, 0.15) is 16.8 Å². The van der Waals surface area contributed by atoms with Crippen molar-refractivity contribution >= 4 is 56.0 Å². The van der Waals surface area contributed by atoms with Gasteiger partial charge >= 0.3 is 0 Å². The molecule has 0 amide bonds. The lowest BCUT2D eigenvalue weighted by Gasteiger charge is -2.10. The van der Waals surface area contributed by atoms with Crippen LogP contribution in [0.3, 0.4) is 0 Å². The van der Waals surface area contributed by atoms with Gasteiger partial charge in [-0.2, -0.15) is 12.8 Å². The fraction of sp³-hybridized carbons (Fsp3) is 0.0385. The molecule has 0 aliphatic heterocycles. The lowest BCUT2D eigenvalue weighted by Crippen LogP contribution is -2.11. The maximum Gasteiger partial charge on any atom is 0.292 e. The van der Waals surface area contributed by atoms with Gasteiger partial charge in [0, 0.05) is 26.6 Å². The van der Waals surface area contributed by atoms with Crippen molar-refractivity contribution in [3.05, 3.63) is 118 Å². The SMILES string of the molecule is Cc1c(Sc2ccc(Cl)cc2)c2ccccn2c1/C(=N/S(=O)(=O)c1cccs1)c1ccccc1. The second-order valence-corrected chi connectivity index (χ2v) is 11.8. The van der Waals surface area contributed by atoms with Crippen LogP contribution in [0.2, 0.25) is 5.02 Å². The van der Waals surface area contributed by atoms with E-state index in [0.717, 1.165) is 43.5 Å². The highest BCUT2D eigenvalue weighted by molar-refractivity contribution is 7.99. The molecule has 0 fully saturated rings. The van der Waals surface area contributed by atoms with E-state index in [9.17, 15) is 8.42 Å². The summed E-state index contributed by atoms with van der Waals surface area (Å²) in [7, 11) is -3.88. The van der Waals surface area contributed by atoms with Crippen LogP contribution in [-0.4, -0.2) is 18.5 Å². The predicted octanol–water partition coefficient (Wildman–Crippen LogP) is 7.34. The van der Waals surface area contributed by atoms with Gasteiger partial charge in [0.2, 0.25) is 0 Å². The molecule has 0 aliphatic rings. The van der Waals surface area contributed by atoms with Gasteiger partial charge in [-0.25, -0.2) is 0 Å². The van der Waals surface area contributed by atoms with Crippen LogP contribution < -0.4 is 0 Å². The molecule has 0 radical (unpaired) electrons. The third-order valence-corrected chi connectivity index (χ3v) is 9.42. The topological polar surface area (TPSA) is 50.9 Å². The minimum atomic E-state index is -3.88. The van der Waals surface area contributed by atoms with E-state index < -0.39 is 10.0 Å². The highest BCUT2D eigenvalue weighted by atomic mass is 35.5. The van der Waals surface area contributed by atoms with Gasteiger partial charge in [0.25, 0.3) is 10.0 Å². The molecule has 0 N–H and O–H groups in total. The second-order valence-electron chi connectivity index (χ2n) is 7.53. The molecule has 0 saturated carbocycles. The molecular formula is C26H19ClN2O2S3. The lowest BCUT2D eigenvalue weighted by atomic mass is 10.1. The van der Waals surface area contributed by atoms with Gasteiger partial charge in [0.15, 0.2) is 0 Å². The Morgan fingerprint density at radius 1 is 0.941 bits per heavy atom. The average molecular weight is 523 g/mol. The predicted molar refractivity (Wildman–Crippen MR) is 141 cm³/mol. The Morgan fingerprint density at radius 2 is 1.68 bits per heavy atom. The zero-order valence-electron chi connectivity index (χ0n) is 18.1. The first-order valence-electron chi connectivity index (χ1n) is 10.4. The van der Waals surface area contributed by atoms with Crippen molar-refractivity contribution in [3.63, 3.8) is 0 Å². The number of pyridine rings is 1. The number of rotatable bonds is 6. The summed E-state index contributed by atoms with van der Waals surface area (Å²) in [5, 5.41) is 2.42. The molecule has 0 aliphatic carbocycles. The van der Waals surface area contributed by atoms with Gasteiger partial charge in [-0.3, -0.25) is 0 Å². The van der Waals surface area contributed by atoms with Gasteiger partial charge in [-0.15, -0.1) is 11.3 Å². The summed E-state index contributed by atoms with van der Waals surface area (Å²) in [5.41, 5.74) is 3.83. The summed E-state index contributed by atoms with van der Waals surface area (Å²) in [6.45, 7) is 2.01. The molecule has 170 valence electrons. The molecule has 0 spiro atoms. The van der Waals surface area contributed by atoms with Crippen LogP contribution >= 0.6 is 34.7 Å². The molecule has 3 aromatic heterocycles. The number of nitrogens with zero attached hydrogens (tertiary/aromatic N) is 2. The molecule has 0 bridgehead atoms. The Kier molecular flexibility index (Phi) is 6.36. The van der Waals surface area contributed by atoms with Gasteiger partial charge < -0.3 is 4.40 Å². The summed E-state index contributed by atoms with van der Waals surface area (Å²) in [6.07, 6.45) is 1.94. The smallest absolute Gasteiger partial charge is 0.292 e. The molecule has 5 rings (SSSR count). The maximum absolute atomic E-state index is 13.2. The molecule has 4 nitrogen and oxygen atoms in total. The molecule has 5 aromatic rings. The highest BCUT2D eigenvalue weighted by Gasteiger charge is 2.24. The average Bonchev–Trinajstić information content (AvgIpc) is 3.48. The number of fused-ring (bicyclic) bond motifs is 1. The van der Waals surface area contributed by atoms with Crippen molar-refractivity contribution in [3.8, 4) is 0 Å². The normalized spacial score (nSPS) is 12.4. The first-order valence-corrected chi connectivity index (χ1v) is 13.9. The molecule has 0 saturated heterocycles. The summed E-state index contributed by atoms with van der Waals surface area (Å²) in [5.74, 6) is 0.